The lowest BCUT2D eigenvalue weighted by Gasteiger charge is -2.57. The Kier molecular flexibility index (Phi) is 5.03. The van der Waals surface area contributed by atoms with Gasteiger partial charge in [0.2, 0.25) is 10.0 Å². The molecule has 0 unspecified atom stereocenters. The molecule has 35 heavy (non-hydrogen) atoms. The van der Waals surface area contributed by atoms with Gasteiger partial charge in [0.25, 0.3) is 0 Å². The normalized spacial score (nSPS) is 31.3. The largest absolute Gasteiger partial charge is 0.486 e. The van der Waals surface area contributed by atoms with Crippen molar-refractivity contribution in [3.05, 3.63) is 35.8 Å². The minimum atomic E-state index is -3.68. The summed E-state index contributed by atoms with van der Waals surface area (Å²) in [6.45, 7) is 2.52. The smallest absolute Gasteiger partial charge is 0.243 e. The Balaban J connectivity index is 1.09. The first-order chi connectivity index (χ1) is 17.0. The van der Waals surface area contributed by atoms with Gasteiger partial charge in [-0.25, -0.2) is 18.4 Å². The van der Waals surface area contributed by atoms with Crippen LogP contribution in [0.25, 0.3) is 0 Å². The molecular formula is C26H32N4O4S. The van der Waals surface area contributed by atoms with Crippen LogP contribution in [0.2, 0.25) is 0 Å². The third-order valence-electron chi connectivity index (χ3n) is 8.92. The highest BCUT2D eigenvalue weighted by atomic mass is 32.2. The fourth-order valence-electron chi connectivity index (χ4n) is 7.80. The van der Waals surface area contributed by atoms with Crippen LogP contribution >= 0.6 is 0 Å². The molecule has 0 atom stereocenters. The van der Waals surface area contributed by atoms with Crippen molar-refractivity contribution in [3.63, 3.8) is 0 Å². The van der Waals surface area contributed by atoms with E-state index in [0.29, 0.717) is 43.1 Å². The number of nitrogens with one attached hydrogen (secondary N) is 1. The number of fused-ring (bicyclic) bond motifs is 2. The third-order valence-corrected chi connectivity index (χ3v) is 10.8. The maximum Gasteiger partial charge on any atom is 0.243 e. The van der Waals surface area contributed by atoms with Crippen molar-refractivity contribution in [2.24, 2.45) is 23.2 Å². The molecule has 1 N–H and O–H groups in total. The summed E-state index contributed by atoms with van der Waals surface area (Å²) in [7, 11) is -3.68. The quantitative estimate of drug-likeness (QED) is 0.676. The molecule has 0 spiro atoms. The summed E-state index contributed by atoms with van der Waals surface area (Å²) in [5, 5.41) is 3.70. The van der Waals surface area contributed by atoms with Crippen molar-refractivity contribution in [1.29, 1.82) is 0 Å². The SMILES string of the molecule is O=S(=O)(c1ccc2c(c1)OCCO2)N1CCc2c(ncnc2NCC23CC4CC(CC(C4)C2)C3)C1. The van der Waals surface area contributed by atoms with Gasteiger partial charge < -0.3 is 14.8 Å². The lowest BCUT2D eigenvalue weighted by Crippen LogP contribution is -2.49. The Morgan fingerprint density at radius 1 is 1.00 bits per heavy atom. The number of nitrogens with zero attached hydrogens (tertiary/aromatic N) is 3. The predicted octanol–water partition coefficient (Wildman–Crippen LogP) is 3.62. The number of benzene rings is 1. The van der Waals surface area contributed by atoms with Gasteiger partial charge in [-0.05, 0) is 80.2 Å². The molecule has 8 nitrogen and oxygen atoms in total. The second-order valence-corrected chi connectivity index (χ2v) is 13.3. The van der Waals surface area contributed by atoms with Gasteiger partial charge in [-0.3, -0.25) is 0 Å². The predicted molar refractivity (Wildman–Crippen MR) is 130 cm³/mol. The zero-order valence-electron chi connectivity index (χ0n) is 19.9. The summed E-state index contributed by atoms with van der Waals surface area (Å²) < 4.78 is 39.5. The average Bonchev–Trinajstić information content (AvgIpc) is 2.86. The standard InChI is InChI=1S/C26H32N4O4S/c31-35(32,20-1-2-23-24(10-20)34-6-5-33-23)30-4-3-21-22(14-30)28-16-29-25(21)27-15-26-11-17-7-18(12-26)9-19(8-17)13-26/h1-2,10,16-19H,3-9,11-15H2,(H,27,28,29). The molecule has 4 saturated carbocycles. The first kappa shape index (κ1) is 21.9. The van der Waals surface area contributed by atoms with E-state index >= 15 is 0 Å². The van der Waals surface area contributed by atoms with Crippen molar-refractivity contribution in [1.82, 2.24) is 14.3 Å². The van der Waals surface area contributed by atoms with Crippen LogP contribution in [-0.2, 0) is 23.0 Å². The Morgan fingerprint density at radius 2 is 1.71 bits per heavy atom. The van der Waals surface area contributed by atoms with Gasteiger partial charge in [-0.2, -0.15) is 4.31 Å². The number of anilines is 1. The van der Waals surface area contributed by atoms with Crippen molar-refractivity contribution >= 4 is 15.8 Å². The molecule has 4 aliphatic carbocycles. The number of sulfonamides is 1. The van der Waals surface area contributed by atoms with Crippen molar-refractivity contribution in [2.75, 3.05) is 31.6 Å². The molecule has 1 aromatic carbocycles. The first-order valence-corrected chi connectivity index (χ1v) is 14.4. The second kappa shape index (κ2) is 8.06. The van der Waals surface area contributed by atoms with E-state index in [2.05, 4.69) is 15.3 Å². The summed E-state index contributed by atoms with van der Waals surface area (Å²) in [6, 6.07) is 4.84. The Bertz CT molecular complexity index is 1230. The Labute approximate surface area is 206 Å². The molecule has 3 heterocycles. The fraction of sp³-hybridized carbons (Fsp3) is 0.615. The van der Waals surface area contributed by atoms with Crippen LogP contribution in [0, 0.1) is 23.2 Å². The number of hydrogen-bond donors (Lipinski definition) is 1. The number of rotatable bonds is 5. The molecule has 1 aromatic heterocycles. The zero-order valence-corrected chi connectivity index (χ0v) is 20.7. The van der Waals surface area contributed by atoms with E-state index in [1.54, 1.807) is 24.5 Å². The molecule has 0 amide bonds. The van der Waals surface area contributed by atoms with Gasteiger partial charge in [0.1, 0.15) is 25.4 Å². The molecule has 9 heteroatoms. The van der Waals surface area contributed by atoms with Gasteiger partial charge in [-0.15, -0.1) is 0 Å². The lowest BCUT2D eigenvalue weighted by atomic mass is 9.49. The Hall–Kier alpha value is -2.39. The molecule has 4 bridgehead atoms. The minimum Gasteiger partial charge on any atom is -0.486 e. The molecule has 2 aromatic rings. The molecule has 8 rings (SSSR count). The highest BCUT2D eigenvalue weighted by Gasteiger charge is 2.50. The molecule has 2 aliphatic heterocycles. The maximum atomic E-state index is 13.4. The molecular weight excluding hydrogens is 464 g/mol. The monoisotopic (exact) mass is 496 g/mol. The lowest BCUT2D eigenvalue weighted by molar-refractivity contribution is -0.0444. The van der Waals surface area contributed by atoms with E-state index in [9.17, 15) is 8.42 Å². The van der Waals surface area contributed by atoms with Gasteiger partial charge in [0.05, 0.1) is 17.1 Å². The van der Waals surface area contributed by atoms with Crippen LogP contribution in [0.15, 0.2) is 29.4 Å². The van der Waals surface area contributed by atoms with Crippen LogP contribution in [0.3, 0.4) is 0 Å². The van der Waals surface area contributed by atoms with Crippen molar-refractivity contribution in [3.8, 4) is 11.5 Å². The summed E-state index contributed by atoms with van der Waals surface area (Å²) in [5.41, 5.74) is 2.26. The van der Waals surface area contributed by atoms with Crippen molar-refractivity contribution in [2.45, 2.75) is 56.4 Å². The molecule has 186 valence electrons. The highest BCUT2D eigenvalue weighted by Crippen LogP contribution is 2.60. The molecule has 6 aliphatic rings. The van der Waals surface area contributed by atoms with Crippen LogP contribution < -0.4 is 14.8 Å². The van der Waals surface area contributed by atoms with E-state index < -0.39 is 10.0 Å². The number of hydrogen-bond acceptors (Lipinski definition) is 7. The molecule has 0 saturated heterocycles. The average molecular weight is 497 g/mol. The summed E-state index contributed by atoms with van der Waals surface area (Å²) >= 11 is 0. The second-order valence-electron chi connectivity index (χ2n) is 11.3. The van der Waals surface area contributed by atoms with Gasteiger partial charge >= 0.3 is 0 Å². The van der Waals surface area contributed by atoms with Gasteiger partial charge in [-0.1, -0.05) is 0 Å². The van der Waals surface area contributed by atoms with E-state index in [1.165, 1.54) is 42.8 Å². The minimum absolute atomic E-state index is 0.222. The third kappa shape index (κ3) is 3.78. The Morgan fingerprint density at radius 3 is 2.46 bits per heavy atom. The number of aromatic nitrogens is 2. The van der Waals surface area contributed by atoms with E-state index in [0.717, 1.165) is 41.4 Å². The van der Waals surface area contributed by atoms with E-state index in [4.69, 9.17) is 9.47 Å². The highest BCUT2D eigenvalue weighted by molar-refractivity contribution is 7.89. The summed E-state index contributed by atoms with van der Waals surface area (Å²) in [4.78, 5) is 9.28. The first-order valence-electron chi connectivity index (χ1n) is 12.9. The van der Waals surface area contributed by atoms with Crippen LogP contribution in [0.4, 0.5) is 5.82 Å². The summed E-state index contributed by atoms with van der Waals surface area (Å²) in [5.74, 6) is 4.71. The molecule has 4 fully saturated rings. The summed E-state index contributed by atoms with van der Waals surface area (Å²) in [6.07, 6.45) is 10.5. The topological polar surface area (TPSA) is 93.7 Å². The van der Waals surface area contributed by atoms with Crippen LogP contribution in [0.1, 0.15) is 49.8 Å². The van der Waals surface area contributed by atoms with Gasteiger partial charge in [0.15, 0.2) is 11.5 Å². The van der Waals surface area contributed by atoms with Crippen molar-refractivity contribution < 1.29 is 17.9 Å². The fourth-order valence-corrected chi connectivity index (χ4v) is 9.22. The number of ether oxygens (including phenoxy) is 2. The van der Waals surface area contributed by atoms with Crippen LogP contribution in [-0.4, -0.2) is 49.0 Å². The molecule has 0 radical (unpaired) electrons. The van der Waals surface area contributed by atoms with Gasteiger partial charge in [0, 0.05) is 24.7 Å². The van der Waals surface area contributed by atoms with E-state index in [1.807, 2.05) is 0 Å². The zero-order chi connectivity index (χ0) is 23.6. The maximum absolute atomic E-state index is 13.4. The van der Waals surface area contributed by atoms with E-state index in [-0.39, 0.29) is 11.4 Å². The van der Waals surface area contributed by atoms with Crippen LogP contribution in [0.5, 0.6) is 11.5 Å².